The van der Waals surface area contributed by atoms with Crippen LogP contribution in [0.1, 0.15) is 18.5 Å². The molecule has 0 saturated heterocycles. The van der Waals surface area contributed by atoms with Crippen molar-refractivity contribution in [1.29, 1.82) is 0 Å². The fraction of sp³-hybridized carbons (Fsp3) is 0.182. The molecule has 0 fully saturated rings. The fourth-order valence-electron chi connectivity index (χ4n) is 1.30. The molecule has 0 saturated carbocycles. The number of nitrogens with zero attached hydrogens (tertiary/aromatic N) is 1. The number of nitrogens with two attached hydrogens (primary N) is 1. The molecule has 78 valence electrons. The molecule has 2 aromatic rings. The minimum Gasteiger partial charge on any atom is -0.440 e. The van der Waals surface area contributed by atoms with Crippen LogP contribution in [0.3, 0.4) is 0 Å². The van der Waals surface area contributed by atoms with Crippen LogP contribution in [0.25, 0.3) is 0 Å². The number of aromatic nitrogens is 1. The Morgan fingerprint density at radius 2 is 2.20 bits per heavy atom. The molecular formula is C11H12N2OS. The quantitative estimate of drug-likeness (QED) is 0.864. The first kappa shape index (κ1) is 10.3. The third-order valence-electron chi connectivity index (χ3n) is 2.02. The molecule has 0 unspecified atom stereocenters. The van der Waals surface area contributed by atoms with E-state index in [1.165, 1.54) is 11.8 Å². The Labute approximate surface area is 92.7 Å². The molecule has 1 aromatic heterocycles. The summed E-state index contributed by atoms with van der Waals surface area (Å²) in [6.07, 6.45) is 3.20. The zero-order chi connectivity index (χ0) is 10.7. The fourth-order valence-corrected chi connectivity index (χ4v) is 2.23. The number of oxazole rings is 1. The van der Waals surface area contributed by atoms with E-state index in [2.05, 4.69) is 4.98 Å². The van der Waals surface area contributed by atoms with Gasteiger partial charge in [-0.3, -0.25) is 0 Å². The Morgan fingerprint density at radius 3 is 2.87 bits per heavy atom. The maximum Gasteiger partial charge on any atom is 0.260 e. The maximum atomic E-state index is 5.88. The van der Waals surface area contributed by atoms with Crippen LogP contribution in [0.4, 0.5) is 0 Å². The number of hydrogen-bond donors (Lipinski definition) is 1. The van der Waals surface area contributed by atoms with E-state index in [1.807, 2.05) is 31.2 Å². The Hall–Kier alpha value is -1.26. The first-order valence-electron chi connectivity index (χ1n) is 4.69. The average Bonchev–Trinajstić information content (AvgIpc) is 2.71. The summed E-state index contributed by atoms with van der Waals surface area (Å²) in [5, 5.41) is 0.642. The van der Waals surface area contributed by atoms with E-state index < -0.39 is 0 Å². The standard InChI is InChI=1S/C11H12N2OS/c1-8(12)9-4-2-3-5-10(9)15-11-13-6-7-14-11/h2-8H,12H2,1H3/t8-/m0/s1. The molecule has 0 radical (unpaired) electrons. The molecule has 2 rings (SSSR count). The summed E-state index contributed by atoms with van der Waals surface area (Å²) in [5.74, 6) is 0. The lowest BCUT2D eigenvalue weighted by Gasteiger charge is -2.09. The van der Waals surface area contributed by atoms with Gasteiger partial charge in [0, 0.05) is 10.9 Å². The van der Waals surface area contributed by atoms with E-state index in [1.54, 1.807) is 12.5 Å². The van der Waals surface area contributed by atoms with Crippen LogP contribution in [0.2, 0.25) is 0 Å². The van der Waals surface area contributed by atoms with Gasteiger partial charge in [0.1, 0.15) is 6.26 Å². The third kappa shape index (κ3) is 2.40. The predicted molar refractivity (Wildman–Crippen MR) is 59.7 cm³/mol. The molecule has 0 amide bonds. The van der Waals surface area contributed by atoms with Crippen molar-refractivity contribution < 1.29 is 4.42 Å². The van der Waals surface area contributed by atoms with Crippen LogP contribution < -0.4 is 5.73 Å². The average molecular weight is 220 g/mol. The van der Waals surface area contributed by atoms with Gasteiger partial charge in [-0.05, 0) is 30.3 Å². The molecule has 1 heterocycles. The predicted octanol–water partition coefficient (Wildman–Crippen LogP) is 2.85. The largest absolute Gasteiger partial charge is 0.440 e. The van der Waals surface area contributed by atoms with Gasteiger partial charge in [0.05, 0.1) is 6.20 Å². The summed E-state index contributed by atoms with van der Waals surface area (Å²) >= 11 is 1.49. The summed E-state index contributed by atoms with van der Waals surface area (Å²) < 4.78 is 5.18. The van der Waals surface area contributed by atoms with Gasteiger partial charge in [-0.2, -0.15) is 0 Å². The first-order chi connectivity index (χ1) is 7.27. The second kappa shape index (κ2) is 4.51. The number of rotatable bonds is 3. The smallest absolute Gasteiger partial charge is 0.260 e. The van der Waals surface area contributed by atoms with Crippen LogP contribution in [0.5, 0.6) is 0 Å². The topological polar surface area (TPSA) is 52.0 Å². The highest BCUT2D eigenvalue weighted by molar-refractivity contribution is 7.99. The Balaban J connectivity index is 2.28. The van der Waals surface area contributed by atoms with E-state index in [9.17, 15) is 0 Å². The Kier molecular flexibility index (Phi) is 3.08. The van der Waals surface area contributed by atoms with E-state index in [0.29, 0.717) is 5.22 Å². The van der Waals surface area contributed by atoms with Gasteiger partial charge < -0.3 is 10.2 Å². The minimum absolute atomic E-state index is 0.0173. The number of benzene rings is 1. The van der Waals surface area contributed by atoms with Gasteiger partial charge in [-0.25, -0.2) is 4.98 Å². The van der Waals surface area contributed by atoms with Gasteiger partial charge in [-0.1, -0.05) is 18.2 Å². The Morgan fingerprint density at radius 1 is 1.40 bits per heavy atom. The Bertz CT molecular complexity index is 426. The van der Waals surface area contributed by atoms with Crippen molar-refractivity contribution in [3.05, 3.63) is 42.3 Å². The van der Waals surface area contributed by atoms with Crippen molar-refractivity contribution in [2.24, 2.45) is 5.73 Å². The van der Waals surface area contributed by atoms with Crippen molar-refractivity contribution in [3.63, 3.8) is 0 Å². The summed E-state index contributed by atoms with van der Waals surface area (Å²) in [7, 11) is 0. The summed E-state index contributed by atoms with van der Waals surface area (Å²) in [6.45, 7) is 1.97. The van der Waals surface area contributed by atoms with Gasteiger partial charge in [0.25, 0.3) is 5.22 Å². The van der Waals surface area contributed by atoms with E-state index in [-0.39, 0.29) is 6.04 Å². The number of hydrogen-bond acceptors (Lipinski definition) is 4. The van der Waals surface area contributed by atoms with E-state index in [0.717, 1.165) is 10.5 Å². The molecular weight excluding hydrogens is 208 g/mol. The SMILES string of the molecule is C[C@H](N)c1ccccc1Sc1ncco1. The van der Waals surface area contributed by atoms with Crippen LogP contribution in [0, 0.1) is 0 Å². The third-order valence-corrected chi connectivity index (χ3v) is 2.98. The highest BCUT2D eigenvalue weighted by Crippen LogP contribution is 2.31. The van der Waals surface area contributed by atoms with Crippen molar-refractivity contribution >= 4 is 11.8 Å². The van der Waals surface area contributed by atoms with Gasteiger partial charge >= 0.3 is 0 Å². The zero-order valence-corrected chi connectivity index (χ0v) is 9.20. The highest BCUT2D eigenvalue weighted by Gasteiger charge is 2.09. The molecule has 1 atom stereocenters. The normalized spacial score (nSPS) is 12.7. The minimum atomic E-state index is 0.0173. The first-order valence-corrected chi connectivity index (χ1v) is 5.51. The summed E-state index contributed by atoms with van der Waals surface area (Å²) in [5.41, 5.74) is 6.99. The van der Waals surface area contributed by atoms with Crippen LogP contribution >= 0.6 is 11.8 Å². The van der Waals surface area contributed by atoms with Crippen molar-refractivity contribution in [3.8, 4) is 0 Å². The molecule has 0 bridgehead atoms. The molecule has 4 heteroatoms. The van der Waals surface area contributed by atoms with Gasteiger partial charge in [0.15, 0.2) is 0 Å². The molecule has 0 aliphatic carbocycles. The molecule has 2 N–H and O–H groups in total. The van der Waals surface area contributed by atoms with Crippen LogP contribution in [-0.2, 0) is 0 Å². The molecule has 1 aromatic carbocycles. The van der Waals surface area contributed by atoms with Crippen molar-refractivity contribution in [2.75, 3.05) is 0 Å². The monoisotopic (exact) mass is 220 g/mol. The van der Waals surface area contributed by atoms with Gasteiger partial charge in [0.2, 0.25) is 0 Å². The molecule has 0 spiro atoms. The molecule has 3 nitrogen and oxygen atoms in total. The lowest BCUT2D eigenvalue weighted by atomic mass is 10.1. The summed E-state index contributed by atoms with van der Waals surface area (Å²) in [6, 6.07) is 8.03. The van der Waals surface area contributed by atoms with Crippen molar-refractivity contribution in [1.82, 2.24) is 4.98 Å². The second-order valence-corrected chi connectivity index (χ2v) is 4.22. The van der Waals surface area contributed by atoms with Crippen molar-refractivity contribution in [2.45, 2.75) is 23.1 Å². The molecule has 0 aliphatic heterocycles. The molecule has 15 heavy (non-hydrogen) atoms. The van der Waals surface area contributed by atoms with Gasteiger partial charge in [-0.15, -0.1) is 0 Å². The highest BCUT2D eigenvalue weighted by atomic mass is 32.2. The van der Waals surface area contributed by atoms with E-state index in [4.69, 9.17) is 10.2 Å². The van der Waals surface area contributed by atoms with Crippen LogP contribution in [0.15, 0.2) is 51.3 Å². The lowest BCUT2D eigenvalue weighted by molar-refractivity contribution is 0.454. The second-order valence-electron chi connectivity index (χ2n) is 3.23. The maximum absolute atomic E-state index is 5.88. The lowest BCUT2D eigenvalue weighted by Crippen LogP contribution is -2.05. The summed E-state index contributed by atoms with van der Waals surface area (Å²) in [4.78, 5) is 5.16. The van der Waals surface area contributed by atoms with E-state index >= 15 is 0 Å². The molecule has 0 aliphatic rings. The zero-order valence-electron chi connectivity index (χ0n) is 8.38. The van der Waals surface area contributed by atoms with Crippen LogP contribution in [-0.4, -0.2) is 4.98 Å².